The number of hydrogen-bond acceptors (Lipinski definition) is 3. The first-order valence-electron chi connectivity index (χ1n) is 4.96. The summed E-state index contributed by atoms with van der Waals surface area (Å²) in [6.45, 7) is 1.09. The highest BCUT2D eigenvalue weighted by Gasteiger charge is 2.20. The smallest absolute Gasteiger partial charge is 0.111 e. The Kier molecular flexibility index (Phi) is 1.73. The largest absolute Gasteiger partial charge is 0.344 e. The molecule has 2 aromatic heterocycles. The first-order chi connectivity index (χ1) is 6.95. The molecular weight excluding hydrogens is 176 g/mol. The molecule has 72 valence electrons. The van der Waals surface area contributed by atoms with E-state index in [1.807, 2.05) is 12.3 Å². The summed E-state index contributed by atoms with van der Waals surface area (Å²) < 4.78 is 0. The first-order valence-corrected chi connectivity index (χ1v) is 4.96. The lowest BCUT2D eigenvalue weighted by atomic mass is 10.1. The topological polar surface area (TPSA) is 53.6 Å². The predicted molar refractivity (Wildman–Crippen MR) is 53.9 cm³/mol. The summed E-state index contributed by atoms with van der Waals surface area (Å²) in [6.07, 6.45) is 5.97. The third-order valence-electron chi connectivity index (χ3n) is 2.76. The summed E-state index contributed by atoms with van der Waals surface area (Å²) in [5, 5.41) is 3.44. The number of nitrogens with zero attached hydrogens (tertiary/aromatic N) is 2. The molecule has 0 aromatic carbocycles. The van der Waals surface area contributed by atoms with E-state index < -0.39 is 0 Å². The fourth-order valence-electron chi connectivity index (χ4n) is 2.06. The monoisotopic (exact) mass is 188 g/mol. The van der Waals surface area contributed by atoms with Gasteiger partial charge in [-0.3, -0.25) is 4.98 Å². The van der Waals surface area contributed by atoms with E-state index in [1.54, 1.807) is 6.33 Å². The van der Waals surface area contributed by atoms with Crippen molar-refractivity contribution in [1.29, 1.82) is 0 Å². The minimum absolute atomic E-state index is 0.391. The van der Waals surface area contributed by atoms with Gasteiger partial charge >= 0.3 is 0 Å². The summed E-state index contributed by atoms with van der Waals surface area (Å²) >= 11 is 0. The van der Waals surface area contributed by atoms with Crippen LogP contribution in [0.5, 0.6) is 0 Å². The molecule has 3 rings (SSSR count). The maximum Gasteiger partial charge on any atom is 0.111 e. The van der Waals surface area contributed by atoms with Crippen molar-refractivity contribution < 1.29 is 0 Å². The molecule has 4 nitrogen and oxygen atoms in total. The van der Waals surface area contributed by atoms with Gasteiger partial charge in [0.15, 0.2) is 0 Å². The van der Waals surface area contributed by atoms with Crippen LogP contribution in [0.25, 0.3) is 11.0 Å². The lowest BCUT2D eigenvalue weighted by molar-refractivity contribution is 0.633. The number of aromatic nitrogens is 3. The van der Waals surface area contributed by atoms with Crippen molar-refractivity contribution in [2.75, 3.05) is 6.54 Å². The minimum atomic E-state index is 0.391. The number of pyridine rings is 1. The molecule has 0 unspecified atom stereocenters. The highest BCUT2D eigenvalue weighted by Crippen LogP contribution is 2.25. The van der Waals surface area contributed by atoms with Crippen molar-refractivity contribution in [3.05, 3.63) is 24.3 Å². The van der Waals surface area contributed by atoms with E-state index in [0.29, 0.717) is 6.04 Å². The van der Waals surface area contributed by atoms with Crippen LogP contribution >= 0.6 is 0 Å². The van der Waals surface area contributed by atoms with Crippen LogP contribution in [0.4, 0.5) is 0 Å². The quantitative estimate of drug-likeness (QED) is 0.711. The zero-order valence-electron chi connectivity index (χ0n) is 7.83. The molecule has 0 aliphatic carbocycles. The molecule has 3 heterocycles. The van der Waals surface area contributed by atoms with Crippen molar-refractivity contribution in [3.8, 4) is 0 Å². The highest BCUT2D eigenvalue weighted by atomic mass is 15.0. The fourth-order valence-corrected chi connectivity index (χ4v) is 2.06. The van der Waals surface area contributed by atoms with Crippen LogP contribution in [0.15, 0.2) is 18.6 Å². The number of nitrogens with one attached hydrogen (secondary N) is 2. The summed E-state index contributed by atoms with van der Waals surface area (Å²) in [6, 6.07) is 2.35. The van der Waals surface area contributed by atoms with Gasteiger partial charge in [-0.2, -0.15) is 0 Å². The molecule has 0 amide bonds. The van der Waals surface area contributed by atoms with E-state index in [2.05, 4.69) is 20.3 Å². The Morgan fingerprint density at radius 1 is 1.36 bits per heavy atom. The van der Waals surface area contributed by atoms with Gasteiger partial charge in [-0.25, -0.2) is 4.98 Å². The molecule has 0 spiro atoms. The average molecular weight is 188 g/mol. The molecule has 14 heavy (non-hydrogen) atoms. The van der Waals surface area contributed by atoms with Gasteiger partial charge in [0.2, 0.25) is 0 Å². The van der Waals surface area contributed by atoms with Gasteiger partial charge in [-0.1, -0.05) is 0 Å². The molecule has 1 atom stereocenters. The summed E-state index contributed by atoms with van der Waals surface area (Å²) in [5.74, 6) is 0. The second-order valence-corrected chi connectivity index (χ2v) is 3.64. The van der Waals surface area contributed by atoms with E-state index in [9.17, 15) is 0 Å². The second kappa shape index (κ2) is 3.06. The van der Waals surface area contributed by atoms with Crippen LogP contribution in [-0.4, -0.2) is 21.5 Å². The van der Waals surface area contributed by atoms with Crippen LogP contribution in [-0.2, 0) is 0 Å². The molecule has 0 radical (unpaired) electrons. The van der Waals surface area contributed by atoms with E-state index in [4.69, 9.17) is 0 Å². The molecule has 0 bridgehead atoms. The maximum absolute atomic E-state index is 4.42. The van der Waals surface area contributed by atoms with Crippen molar-refractivity contribution >= 4 is 11.0 Å². The summed E-state index contributed by atoms with van der Waals surface area (Å²) in [4.78, 5) is 11.8. The van der Waals surface area contributed by atoms with Gasteiger partial charge in [-0.05, 0) is 25.5 Å². The van der Waals surface area contributed by atoms with Gasteiger partial charge in [0.05, 0.1) is 23.6 Å². The van der Waals surface area contributed by atoms with E-state index in [-0.39, 0.29) is 0 Å². The highest BCUT2D eigenvalue weighted by molar-refractivity contribution is 5.76. The van der Waals surface area contributed by atoms with Crippen molar-refractivity contribution in [3.63, 3.8) is 0 Å². The number of rotatable bonds is 1. The zero-order valence-corrected chi connectivity index (χ0v) is 7.83. The minimum Gasteiger partial charge on any atom is -0.344 e. The van der Waals surface area contributed by atoms with Gasteiger partial charge in [0, 0.05) is 6.20 Å². The van der Waals surface area contributed by atoms with Crippen LogP contribution < -0.4 is 5.32 Å². The predicted octanol–water partition coefficient (Wildman–Crippen LogP) is 1.38. The second-order valence-electron chi connectivity index (χ2n) is 3.64. The Morgan fingerprint density at radius 3 is 3.21 bits per heavy atom. The molecule has 1 aliphatic rings. The molecule has 1 fully saturated rings. The Hall–Kier alpha value is -1.42. The van der Waals surface area contributed by atoms with Crippen LogP contribution in [0.1, 0.15) is 24.6 Å². The van der Waals surface area contributed by atoms with Gasteiger partial charge in [0.25, 0.3) is 0 Å². The number of H-pyrrole nitrogens is 1. The maximum atomic E-state index is 4.42. The molecular formula is C10H12N4. The molecule has 4 heteroatoms. The van der Waals surface area contributed by atoms with Gasteiger partial charge in [0.1, 0.15) is 5.52 Å². The third-order valence-corrected chi connectivity index (χ3v) is 2.76. The van der Waals surface area contributed by atoms with Crippen LogP contribution in [0.2, 0.25) is 0 Å². The van der Waals surface area contributed by atoms with E-state index >= 15 is 0 Å². The standard InChI is InChI=1S/C10H12N4/c1-2-7(11-4-1)9-10-8(3-5-12-9)13-6-14-10/h3,5-7,11H,1-2,4H2,(H,13,14)/t7-/m1/s1. The van der Waals surface area contributed by atoms with Crippen molar-refractivity contribution in [1.82, 2.24) is 20.3 Å². The molecule has 2 aromatic rings. The van der Waals surface area contributed by atoms with Crippen molar-refractivity contribution in [2.24, 2.45) is 0 Å². The Bertz CT molecular complexity index is 442. The number of aromatic amines is 1. The third kappa shape index (κ3) is 1.11. The zero-order chi connectivity index (χ0) is 9.38. The fraction of sp³-hybridized carbons (Fsp3) is 0.400. The lowest BCUT2D eigenvalue weighted by Gasteiger charge is -2.09. The molecule has 0 saturated carbocycles. The van der Waals surface area contributed by atoms with Gasteiger partial charge < -0.3 is 10.3 Å². The SMILES string of the molecule is c1cc2[nH]cnc2c([C@H]2CCCN2)n1. The summed E-state index contributed by atoms with van der Waals surface area (Å²) in [7, 11) is 0. The number of hydrogen-bond donors (Lipinski definition) is 2. The summed E-state index contributed by atoms with van der Waals surface area (Å²) in [5.41, 5.74) is 3.16. The van der Waals surface area contributed by atoms with Crippen molar-refractivity contribution in [2.45, 2.75) is 18.9 Å². The Labute approximate surface area is 81.8 Å². The Balaban J connectivity index is 2.14. The molecule has 2 N–H and O–H groups in total. The van der Waals surface area contributed by atoms with Crippen LogP contribution in [0, 0.1) is 0 Å². The normalized spacial score (nSPS) is 21.9. The first kappa shape index (κ1) is 7.94. The Morgan fingerprint density at radius 2 is 2.36 bits per heavy atom. The van der Waals surface area contributed by atoms with Gasteiger partial charge in [-0.15, -0.1) is 0 Å². The average Bonchev–Trinajstić information content (AvgIpc) is 2.88. The lowest BCUT2D eigenvalue weighted by Crippen LogP contribution is -2.14. The molecule has 1 aliphatic heterocycles. The number of imidazole rings is 1. The van der Waals surface area contributed by atoms with E-state index in [1.165, 1.54) is 12.8 Å². The van der Waals surface area contributed by atoms with E-state index in [0.717, 1.165) is 23.3 Å². The number of fused-ring (bicyclic) bond motifs is 1. The molecule has 1 saturated heterocycles. The van der Waals surface area contributed by atoms with Crippen LogP contribution in [0.3, 0.4) is 0 Å².